The second-order valence-electron chi connectivity index (χ2n) is 4.08. The van der Waals surface area contributed by atoms with Crippen molar-refractivity contribution in [2.75, 3.05) is 18.2 Å². The van der Waals surface area contributed by atoms with Crippen molar-refractivity contribution in [2.24, 2.45) is 0 Å². The molecule has 0 spiro atoms. The molecule has 4 heteroatoms. The number of nitrogens with one attached hydrogen (secondary N) is 1. The molecule has 0 bridgehead atoms. The van der Waals surface area contributed by atoms with Gasteiger partial charge in [-0.1, -0.05) is 22.0 Å². The van der Waals surface area contributed by atoms with E-state index in [1.54, 1.807) is 13.2 Å². The van der Waals surface area contributed by atoms with E-state index < -0.39 is 0 Å². The highest BCUT2D eigenvalue weighted by molar-refractivity contribution is 9.10. The zero-order chi connectivity index (χ0) is 13.1. The van der Waals surface area contributed by atoms with Crippen LogP contribution in [0, 0.1) is 6.92 Å². The number of nitrogen functional groups attached to an aromatic ring is 1. The molecule has 0 aromatic heterocycles. The molecule has 94 valence electrons. The first-order valence-corrected chi connectivity index (χ1v) is 6.35. The molecule has 0 aliphatic carbocycles. The van der Waals surface area contributed by atoms with Crippen LogP contribution in [0.15, 0.2) is 40.9 Å². The van der Waals surface area contributed by atoms with Gasteiger partial charge in [-0.25, -0.2) is 0 Å². The average molecular weight is 307 g/mol. The summed E-state index contributed by atoms with van der Waals surface area (Å²) in [6, 6.07) is 11.7. The molecule has 3 nitrogen and oxygen atoms in total. The van der Waals surface area contributed by atoms with E-state index in [1.807, 2.05) is 24.3 Å². The van der Waals surface area contributed by atoms with Crippen LogP contribution in [0.1, 0.15) is 5.56 Å². The van der Waals surface area contributed by atoms with Gasteiger partial charge in [0.25, 0.3) is 0 Å². The summed E-state index contributed by atoms with van der Waals surface area (Å²) < 4.78 is 6.26. The van der Waals surface area contributed by atoms with E-state index in [0.717, 1.165) is 21.6 Å². The standard InChI is InChI=1S/C14H15BrN2O/c1-9-3-4-11(8-14(9)15)17-12-5-10(16)6-13(7-12)18-2/h3-8,17H,16H2,1-2H3. The molecule has 0 saturated carbocycles. The number of aryl methyl sites for hydroxylation is 1. The molecule has 0 saturated heterocycles. The molecule has 0 heterocycles. The number of benzene rings is 2. The Bertz CT molecular complexity index is 570. The zero-order valence-electron chi connectivity index (χ0n) is 10.3. The van der Waals surface area contributed by atoms with E-state index in [1.165, 1.54) is 5.56 Å². The lowest BCUT2D eigenvalue weighted by Crippen LogP contribution is -1.94. The Morgan fingerprint density at radius 3 is 2.56 bits per heavy atom. The Labute approximate surface area is 115 Å². The van der Waals surface area contributed by atoms with E-state index in [0.29, 0.717) is 5.69 Å². The first kappa shape index (κ1) is 12.8. The summed E-state index contributed by atoms with van der Waals surface area (Å²) in [5.41, 5.74) is 9.59. The Morgan fingerprint density at radius 2 is 1.89 bits per heavy atom. The van der Waals surface area contributed by atoms with Gasteiger partial charge in [0.2, 0.25) is 0 Å². The monoisotopic (exact) mass is 306 g/mol. The summed E-state index contributed by atoms with van der Waals surface area (Å²) in [4.78, 5) is 0. The van der Waals surface area contributed by atoms with Gasteiger partial charge < -0.3 is 15.8 Å². The first-order chi connectivity index (χ1) is 8.58. The van der Waals surface area contributed by atoms with Gasteiger partial charge in [0.15, 0.2) is 0 Å². The Hall–Kier alpha value is -1.68. The molecule has 18 heavy (non-hydrogen) atoms. The topological polar surface area (TPSA) is 47.3 Å². The quantitative estimate of drug-likeness (QED) is 0.840. The first-order valence-electron chi connectivity index (χ1n) is 5.56. The van der Waals surface area contributed by atoms with Crippen LogP contribution in [0.3, 0.4) is 0 Å². The van der Waals surface area contributed by atoms with Crippen molar-refractivity contribution >= 4 is 33.0 Å². The third-order valence-corrected chi connectivity index (χ3v) is 3.48. The molecule has 2 rings (SSSR count). The van der Waals surface area contributed by atoms with Crippen LogP contribution >= 0.6 is 15.9 Å². The van der Waals surface area contributed by atoms with Crippen LogP contribution in [0.2, 0.25) is 0 Å². The van der Waals surface area contributed by atoms with E-state index in [9.17, 15) is 0 Å². The number of rotatable bonds is 3. The van der Waals surface area contributed by atoms with Crippen LogP contribution in [-0.2, 0) is 0 Å². The second kappa shape index (κ2) is 5.31. The normalized spacial score (nSPS) is 10.2. The van der Waals surface area contributed by atoms with Crippen molar-refractivity contribution in [2.45, 2.75) is 6.92 Å². The number of halogens is 1. The number of hydrogen-bond acceptors (Lipinski definition) is 3. The molecule has 0 fully saturated rings. The molecule has 0 amide bonds. The molecule has 3 N–H and O–H groups in total. The van der Waals surface area contributed by atoms with E-state index in [2.05, 4.69) is 34.2 Å². The largest absolute Gasteiger partial charge is 0.497 e. The van der Waals surface area contributed by atoms with E-state index >= 15 is 0 Å². The molecule has 2 aromatic carbocycles. The summed E-state index contributed by atoms with van der Waals surface area (Å²) in [5, 5.41) is 3.30. The van der Waals surface area contributed by atoms with Crippen molar-refractivity contribution in [3.63, 3.8) is 0 Å². The van der Waals surface area contributed by atoms with Crippen LogP contribution in [0.4, 0.5) is 17.1 Å². The van der Waals surface area contributed by atoms with Gasteiger partial charge in [0, 0.05) is 33.7 Å². The highest BCUT2D eigenvalue weighted by Crippen LogP contribution is 2.27. The highest BCUT2D eigenvalue weighted by atomic mass is 79.9. The summed E-state index contributed by atoms with van der Waals surface area (Å²) in [6.45, 7) is 2.05. The van der Waals surface area contributed by atoms with Gasteiger partial charge in [0.05, 0.1) is 7.11 Å². The predicted octanol–water partition coefficient (Wildman–Crippen LogP) is 4.09. The highest BCUT2D eigenvalue weighted by Gasteiger charge is 2.01. The van der Waals surface area contributed by atoms with Gasteiger partial charge in [-0.2, -0.15) is 0 Å². The SMILES string of the molecule is COc1cc(N)cc(Nc2ccc(C)c(Br)c2)c1. The smallest absolute Gasteiger partial charge is 0.122 e. The molecule has 0 atom stereocenters. The summed E-state index contributed by atoms with van der Waals surface area (Å²) in [7, 11) is 1.63. The van der Waals surface area contributed by atoms with Crippen molar-refractivity contribution in [3.05, 3.63) is 46.4 Å². The number of nitrogens with two attached hydrogens (primary N) is 1. The number of ether oxygens (including phenoxy) is 1. The molecule has 0 aliphatic heterocycles. The minimum atomic E-state index is 0.669. The Balaban J connectivity index is 2.27. The Kier molecular flexibility index (Phi) is 3.77. The van der Waals surface area contributed by atoms with Gasteiger partial charge in [-0.3, -0.25) is 0 Å². The average Bonchev–Trinajstić information content (AvgIpc) is 2.33. The molecule has 0 unspecified atom stereocenters. The Morgan fingerprint density at radius 1 is 1.11 bits per heavy atom. The van der Waals surface area contributed by atoms with Gasteiger partial charge in [0.1, 0.15) is 5.75 Å². The van der Waals surface area contributed by atoms with Gasteiger partial charge in [-0.05, 0) is 30.7 Å². The fraction of sp³-hybridized carbons (Fsp3) is 0.143. The summed E-state index contributed by atoms with van der Waals surface area (Å²) in [5.74, 6) is 0.740. The summed E-state index contributed by atoms with van der Waals surface area (Å²) in [6.07, 6.45) is 0. The fourth-order valence-corrected chi connectivity index (χ4v) is 2.03. The van der Waals surface area contributed by atoms with Crippen molar-refractivity contribution in [3.8, 4) is 5.75 Å². The van der Waals surface area contributed by atoms with Crippen LogP contribution in [-0.4, -0.2) is 7.11 Å². The molecule has 0 radical (unpaired) electrons. The van der Waals surface area contributed by atoms with E-state index in [-0.39, 0.29) is 0 Å². The number of anilines is 3. The minimum absolute atomic E-state index is 0.669. The molecular weight excluding hydrogens is 292 g/mol. The third-order valence-electron chi connectivity index (χ3n) is 2.63. The fourth-order valence-electron chi connectivity index (χ4n) is 1.65. The lowest BCUT2D eigenvalue weighted by Gasteiger charge is -2.10. The molecular formula is C14H15BrN2O. The number of methoxy groups -OCH3 is 1. The van der Waals surface area contributed by atoms with Gasteiger partial charge >= 0.3 is 0 Å². The predicted molar refractivity (Wildman–Crippen MR) is 79.6 cm³/mol. The van der Waals surface area contributed by atoms with E-state index in [4.69, 9.17) is 10.5 Å². The van der Waals surface area contributed by atoms with Crippen LogP contribution in [0.5, 0.6) is 5.75 Å². The van der Waals surface area contributed by atoms with Crippen molar-refractivity contribution in [1.29, 1.82) is 0 Å². The lowest BCUT2D eigenvalue weighted by molar-refractivity contribution is 0.415. The van der Waals surface area contributed by atoms with Gasteiger partial charge in [-0.15, -0.1) is 0 Å². The van der Waals surface area contributed by atoms with Crippen molar-refractivity contribution in [1.82, 2.24) is 0 Å². The number of hydrogen-bond donors (Lipinski definition) is 2. The second-order valence-corrected chi connectivity index (χ2v) is 4.94. The maximum Gasteiger partial charge on any atom is 0.122 e. The maximum absolute atomic E-state index is 5.81. The lowest BCUT2D eigenvalue weighted by atomic mass is 10.2. The van der Waals surface area contributed by atoms with Crippen molar-refractivity contribution < 1.29 is 4.74 Å². The van der Waals surface area contributed by atoms with Crippen LogP contribution < -0.4 is 15.8 Å². The van der Waals surface area contributed by atoms with Crippen LogP contribution in [0.25, 0.3) is 0 Å². The minimum Gasteiger partial charge on any atom is -0.497 e. The maximum atomic E-state index is 5.81. The molecule has 0 aliphatic rings. The summed E-state index contributed by atoms with van der Waals surface area (Å²) >= 11 is 3.51. The third kappa shape index (κ3) is 2.96. The zero-order valence-corrected chi connectivity index (χ0v) is 11.9. The molecule has 2 aromatic rings.